The standard InChI is InChI=1S/C10H20BrClO2/c1-5-9(2,13-4)8-14-10(3,6-11)7-12/h5-8H2,1-4H3. The highest BCUT2D eigenvalue weighted by Gasteiger charge is 2.28. The molecule has 0 N–H and O–H groups in total. The van der Waals surface area contributed by atoms with Crippen molar-refractivity contribution in [3.8, 4) is 0 Å². The van der Waals surface area contributed by atoms with Crippen LogP contribution in [0.25, 0.3) is 0 Å². The first kappa shape index (κ1) is 14.7. The summed E-state index contributed by atoms with van der Waals surface area (Å²) in [5, 5.41) is 0.729. The van der Waals surface area contributed by atoms with E-state index in [-0.39, 0.29) is 11.2 Å². The Kier molecular flexibility index (Phi) is 6.62. The molecule has 0 aromatic carbocycles. The fourth-order valence-electron chi connectivity index (χ4n) is 0.745. The maximum atomic E-state index is 5.83. The first-order valence-electron chi connectivity index (χ1n) is 4.76. The molecule has 0 aromatic heterocycles. The van der Waals surface area contributed by atoms with Crippen LogP contribution in [0.2, 0.25) is 0 Å². The topological polar surface area (TPSA) is 18.5 Å². The van der Waals surface area contributed by atoms with Crippen molar-refractivity contribution in [1.29, 1.82) is 0 Å². The first-order valence-corrected chi connectivity index (χ1v) is 6.42. The zero-order chi connectivity index (χ0) is 11.2. The number of methoxy groups -OCH3 is 1. The largest absolute Gasteiger partial charge is 0.376 e. The van der Waals surface area contributed by atoms with Gasteiger partial charge in [-0.25, -0.2) is 0 Å². The van der Waals surface area contributed by atoms with Gasteiger partial charge in [0, 0.05) is 12.4 Å². The molecule has 0 bridgehead atoms. The number of alkyl halides is 2. The minimum Gasteiger partial charge on any atom is -0.376 e. The molecule has 0 aliphatic carbocycles. The van der Waals surface area contributed by atoms with E-state index in [2.05, 4.69) is 22.9 Å². The Bertz CT molecular complexity index is 138. The van der Waals surface area contributed by atoms with Crippen molar-refractivity contribution in [2.24, 2.45) is 0 Å². The van der Waals surface area contributed by atoms with E-state index in [4.69, 9.17) is 21.1 Å². The van der Waals surface area contributed by atoms with Crippen LogP contribution >= 0.6 is 27.5 Å². The van der Waals surface area contributed by atoms with Crippen molar-refractivity contribution in [2.75, 3.05) is 24.9 Å². The van der Waals surface area contributed by atoms with Gasteiger partial charge in [0.2, 0.25) is 0 Å². The minimum atomic E-state index is -0.309. The highest BCUT2D eigenvalue weighted by Crippen LogP contribution is 2.21. The lowest BCUT2D eigenvalue weighted by Gasteiger charge is -2.32. The Morgan fingerprint density at radius 3 is 2.14 bits per heavy atom. The molecule has 0 aliphatic rings. The Morgan fingerprint density at radius 1 is 1.29 bits per heavy atom. The van der Waals surface area contributed by atoms with Gasteiger partial charge in [0.15, 0.2) is 0 Å². The molecule has 0 amide bonds. The van der Waals surface area contributed by atoms with E-state index >= 15 is 0 Å². The summed E-state index contributed by atoms with van der Waals surface area (Å²) in [5.41, 5.74) is -0.522. The van der Waals surface area contributed by atoms with Crippen LogP contribution in [0.1, 0.15) is 27.2 Å². The third kappa shape index (κ3) is 4.47. The Hall–Kier alpha value is 0.690. The number of hydrogen-bond acceptors (Lipinski definition) is 2. The normalized spacial score (nSPS) is 20.1. The van der Waals surface area contributed by atoms with Crippen molar-refractivity contribution >= 4 is 27.5 Å². The molecule has 4 heteroatoms. The van der Waals surface area contributed by atoms with Gasteiger partial charge in [-0.2, -0.15) is 0 Å². The molecule has 0 saturated carbocycles. The van der Waals surface area contributed by atoms with Gasteiger partial charge < -0.3 is 9.47 Å². The lowest BCUT2D eigenvalue weighted by molar-refractivity contribution is -0.106. The fraction of sp³-hybridized carbons (Fsp3) is 1.00. The van der Waals surface area contributed by atoms with Crippen molar-refractivity contribution in [2.45, 2.75) is 38.4 Å². The van der Waals surface area contributed by atoms with Crippen LogP contribution in [0.3, 0.4) is 0 Å². The van der Waals surface area contributed by atoms with E-state index in [1.54, 1.807) is 7.11 Å². The van der Waals surface area contributed by atoms with E-state index in [0.29, 0.717) is 12.5 Å². The summed E-state index contributed by atoms with van der Waals surface area (Å²) in [4.78, 5) is 0. The lowest BCUT2D eigenvalue weighted by atomic mass is 10.0. The second-order valence-corrected chi connectivity index (χ2v) is 4.84. The molecule has 2 unspecified atom stereocenters. The van der Waals surface area contributed by atoms with Crippen molar-refractivity contribution < 1.29 is 9.47 Å². The van der Waals surface area contributed by atoms with Crippen molar-refractivity contribution in [1.82, 2.24) is 0 Å². The summed E-state index contributed by atoms with van der Waals surface area (Å²) < 4.78 is 11.2. The van der Waals surface area contributed by atoms with Gasteiger partial charge in [-0.15, -0.1) is 11.6 Å². The molecule has 0 fully saturated rings. The number of ether oxygens (including phenoxy) is 2. The number of rotatable bonds is 7. The highest BCUT2D eigenvalue weighted by atomic mass is 79.9. The lowest BCUT2D eigenvalue weighted by Crippen LogP contribution is -2.41. The SMILES string of the molecule is CCC(C)(COC(C)(CCl)CBr)OC. The van der Waals surface area contributed by atoms with Gasteiger partial charge in [0.1, 0.15) is 0 Å². The second kappa shape index (κ2) is 6.31. The fourth-order valence-corrected chi connectivity index (χ4v) is 1.51. The summed E-state index contributed by atoms with van der Waals surface area (Å²) >= 11 is 9.22. The van der Waals surface area contributed by atoms with Gasteiger partial charge in [-0.05, 0) is 20.3 Å². The summed E-state index contributed by atoms with van der Waals surface area (Å²) in [7, 11) is 1.71. The molecule has 0 rings (SSSR count). The molecular weight excluding hydrogens is 267 g/mol. The van der Waals surface area contributed by atoms with Crippen LogP contribution in [0, 0.1) is 0 Å². The van der Waals surface area contributed by atoms with E-state index < -0.39 is 0 Å². The predicted molar refractivity (Wildman–Crippen MR) is 64.6 cm³/mol. The van der Waals surface area contributed by atoms with Crippen molar-refractivity contribution in [3.05, 3.63) is 0 Å². The van der Waals surface area contributed by atoms with Crippen LogP contribution < -0.4 is 0 Å². The molecule has 14 heavy (non-hydrogen) atoms. The summed E-state index contributed by atoms with van der Waals surface area (Å²) in [5.74, 6) is 0.474. The zero-order valence-electron chi connectivity index (χ0n) is 9.40. The molecular formula is C10H20BrClO2. The smallest absolute Gasteiger partial charge is 0.0886 e. The molecule has 0 spiro atoms. The molecule has 0 aromatic rings. The van der Waals surface area contributed by atoms with Gasteiger partial charge >= 0.3 is 0 Å². The van der Waals surface area contributed by atoms with E-state index in [9.17, 15) is 0 Å². The van der Waals surface area contributed by atoms with Gasteiger partial charge in [-0.1, -0.05) is 22.9 Å². The quantitative estimate of drug-likeness (QED) is 0.670. The van der Waals surface area contributed by atoms with Gasteiger partial charge in [0.25, 0.3) is 0 Å². The second-order valence-electron chi connectivity index (χ2n) is 4.01. The summed E-state index contributed by atoms with van der Waals surface area (Å²) in [6, 6.07) is 0. The number of halogens is 2. The molecule has 0 radical (unpaired) electrons. The Balaban J connectivity index is 4.14. The maximum absolute atomic E-state index is 5.83. The van der Waals surface area contributed by atoms with Crippen LogP contribution in [0.15, 0.2) is 0 Å². The monoisotopic (exact) mass is 286 g/mol. The van der Waals surface area contributed by atoms with E-state index in [1.807, 2.05) is 13.8 Å². The molecule has 86 valence electrons. The Labute approximate surface area is 100 Å². The molecule has 0 heterocycles. The van der Waals surface area contributed by atoms with Gasteiger partial charge in [-0.3, -0.25) is 0 Å². The van der Waals surface area contributed by atoms with Crippen LogP contribution in [0.5, 0.6) is 0 Å². The molecule has 2 atom stereocenters. The Morgan fingerprint density at radius 2 is 1.86 bits per heavy atom. The van der Waals surface area contributed by atoms with Crippen LogP contribution in [-0.2, 0) is 9.47 Å². The average molecular weight is 288 g/mol. The minimum absolute atomic E-state index is 0.213. The zero-order valence-corrected chi connectivity index (χ0v) is 11.7. The van der Waals surface area contributed by atoms with Gasteiger partial charge in [0.05, 0.1) is 23.7 Å². The van der Waals surface area contributed by atoms with Crippen LogP contribution in [0.4, 0.5) is 0 Å². The first-order chi connectivity index (χ1) is 6.45. The van der Waals surface area contributed by atoms with Crippen molar-refractivity contribution in [3.63, 3.8) is 0 Å². The third-order valence-electron chi connectivity index (χ3n) is 2.53. The van der Waals surface area contributed by atoms with Crippen LogP contribution in [-0.4, -0.2) is 36.1 Å². The predicted octanol–water partition coefficient (Wildman–Crippen LogP) is 3.21. The van der Waals surface area contributed by atoms with E-state index in [1.165, 1.54) is 0 Å². The summed E-state index contributed by atoms with van der Waals surface area (Å²) in [6.45, 7) is 6.67. The third-order valence-corrected chi connectivity index (χ3v) is 4.28. The maximum Gasteiger partial charge on any atom is 0.0886 e. The average Bonchev–Trinajstić information content (AvgIpc) is 2.25. The molecule has 2 nitrogen and oxygen atoms in total. The highest BCUT2D eigenvalue weighted by molar-refractivity contribution is 9.09. The molecule has 0 aliphatic heterocycles. The molecule has 0 saturated heterocycles. The number of hydrogen-bond donors (Lipinski definition) is 0. The summed E-state index contributed by atoms with van der Waals surface area (Å²) in [6.07, 6.45) is 0.921. The van der Waals surface area contributed by atoms with E-state index in [0.717, 1.165) is 11.8 Å².